The molecule has 8 nitrogen and oxygen atoms in total. The van der Waals surface area contributed by atoms with E-state index in [-0.39, 0.29) is 6.09 Å². The average molecular weight is 457 g/mol. The molecule has 0 aliphatic carbocycles. The molecule has 1 N–H and O–H groups in total. The molecule has 1 amide bonds. The summed E-state index contributed by atoms with van der Waals surface area (Å²) in [5.74, 6) is 0.501. The molecule has 0 radical (unpaired) electrons. The second-order valence-electron chi connectivity index (χ2n) is 9.48. The molecule has 0 unspecified atom stereocenters. The fraction of sp³-hybridized carbons (Fsp3) is 0.522. The molecule has 1 aliphatic rings. The Bertz CT molecular complexity index is 1080. The van der Waals surface area contributed by atoms with Gasteiger partial charge in [0.15, 0.2) is 0 Å². The largest absolute Gasteiger partial charge is 0.444 e. The zero-order chi connectivity index (χ0) is 22.9. The number of nitrogens with one attached hydrogen (secondary N) is 1. The molecule has 3 aromatic rings. The van der Waals surface area contributed by atoms with E-state index in [9.17, 15) is 4.79 Å². The number of likely N-dealkylation sites (tertiary alicyclic amines) is 1. The number of carbonyl (C=O) groups is 1. The van der Waals surface area contributed by atoms with E-state index in [2.05, 4.69) is 39.5 Å². The number of amides is 1. The quantitative estimate of drug-likeness (QED) is 0.606. The van der Waals surface area contributed by atoms with E-state index in [0.29, 0.717) is 5.92 Å². The van der Waals surface area contributed by atoms with Crippen LogP contribution in [0.3, 0.4) is 0 Å². The first-order valence-corrected chi connectivity index (χ1v) is 11.9. The minimum atomic E-state index is -0.454. The molecular formula is C23H32N6O2S. The van der Waals surface area contributed by atoms with Crippen molar-refractivity contribution in [2.45, 2.75) is 39.2 Å². The molecular weight excluding hydrogens is 424 g/mol. The van der Waals surface area contributed by atoms with Crippen molar-refractivity contribution in [2.24, 2.45) is 5.92 Å². The number of benzene rings is 1. The molecule has 0 bridgehead atoms. The lowest BCUT2D eigenvalue weighted by molar-refractivity contribution is 0.0188. The second-order valence-corrected chi connectivity index (χ2v) is 10.4. The number of aromatic nitrogens is 3. The van der Waals surface area contributed by atoms with E-state index < -0.39 is 5.60 Å². The van der Waals surface area contributed by atoms with Gasteiger partial charge in [0.05, 0.1) is 11.9 Å². The minimum Gasteiger partial charge on any atom is -0.444 e. The van der Waals surface area contributed by atoms with Crippen LogP contribution < -0.4 is 10.2 Å². The van der Waals surface area contributed by atoms with Gasteiger partial charge < -0.3 is 19.9 Å². The van der Waals surface area contributed by atoms with Crippen molar-refractivity contribution in [1.82, 2.24) is 19.5 Å². The smallest absolute Gasteiger partial charge is 0.410 e. The second kappa shape index (κ2) is 8.97. The molecule has 0 spiro atoms. The van der Waals surface area contributed by atoms with E-state index in [4.69, 9.17) is 9.84 Å². The van der Waals surface area contributed by atoms with Gasteiger partial charge in [-0.25, -0.2) is 14.3 Å². The Labute approximate surface area is 193 Å². The summed E-state index contributed by atoms with van der Waals surface area (Å²) >= 11 is 1.56. The third kappa shape index (κ3) is 5.15. The Morgan fingerprint density at radius 3 is 2.72 bits per heavy atom. The van der Waals surface area contributed by atoms with Crippen molar-refractivity contribution < 1.29 is 9.53 Å². The highest BCUT2D eigenvalue weighted by Gasteiger charge is 2.27. The highest BCUT2D eigenvalue weighted by atomic mass is 32.1. The van der Waals surface area contributed by atoms with E-state index in [0.717, 1.165) is 59.5 Å². The summed E-state index contributed by atoms with van der Waals surface area (Å²) in [5.41, 5.74) is 2.77. The van der Waals surface area contributed by atoms with Crippen molar-refractivity contribution in [1.29, 1.82) is 0 Å². The van der Waals surface area contributed by atoms with Gasteiger partial charge in [0.2, 0.25) is 10.1 Å². The summed E-state index contributed by atoms with van der Waals surface area (Å²) < 4.78 is 7.39. The summed E-state index contributed by atoms with van der Waals surface area (Å²) in [6.07, 6.45) is 3.58. The monoisotopic (exact) mass is 456 g/mol. The van der Waals surface area contributed by atoms with Gasteiger partial charge in [0.25, 0.3) is 0 Å². The molecule has 1 saturated heterocycles. The number of fused-ring (bicyclic) bond motifs is 1. The normalized spacial score (nSPS) is 15.2. The Morgan fingerprint density at radius 1 is 1.28 bits per heavy atom. The van der Waals surface area contributed by atoms with Crippen molar-refractivity contribution in [2.75, 3.05) is 43.9 Å². The fourth-order valence-electron chi connectivity index (χ4n) is 3.78. The number of nitrogens with zero attached hydrogens (tertiary/aromatic N) is 5. The Balaban J connectivity index is 1.35. The SMILES string of the molecule is CN(C)c1cccc(-c2cnc3sc(NCC4CCN(C(=O)OC(C)(C)C)CC4)nn23)c1. The standard InChI is InChI=1S/C23H32N6O2S/c1-23(2,3)31-22(30)28-11-9-16(10-12-28)14-24-20-26-29-19(15-25-21(29)32-20)17-7-6-8-18(13-17)27(4)5/h6-8,13,15-16H,9-12,14H2,1-5H3,(H,24,26). The number of rotatable bonds is 5. The van der Waals surface area contributed by atoms with Crippen LogP contribution in [0, 0.1) is 5.92 Å². The number of imidazole rings is 1. The van der Waals surface area contributed by atoms with Crippen molar-refractivity contribution in [3.05, 3.63) is 30.5 Å². The van der Waals surface area contributed by atoms with Crippen LogP contribution >= 0.6 is 11.3 Å². The third-order valence-corrected chi connectivity index (χ3v) is 6.43. The van der Waals surface area contributed by atoms with E-state index in [1.807, 2.05) is 50.5 Å². The Morgan fingerprint density at radius 2 is 2.03 bits per heavy atom. The lowest BCUT2D eigenvalue weighted by Gasteiger charge is -2.33. The molecule has 172 valence electrons. The number of anilines is 2. The number of ether oxygens (including phenoxy) is 1. The van der Waals surface area contributed by atoms with Crippen molar-refractivity contribution >= 4 is 33.2 Å². The zero-order valence-corrected chi connectivity index (χ0v) is 20.3. The van der Waals surface area contributed by atoms with Crippen LogP contribution in [-0.2, 0) is 4.74 Å². The van der Waals surface area contributed by atoms with Crippen LogP contribution in [0.5, 0.6) is 0 Å². The van der Waals surface area contributed by atoms with Gasteiger partial charge in [-0.2, -0.15) is 0 Å². The molecule has 1 aliphatic heterocycles. The number of carbonyl (C=O) groups excluding carboxylic acids is 1. The van der Waals surface area contributed by atoms with E-state index >= 15 is 0 Å². The van der Waals surface area contributed by atoms with Gasteiger partial charge >= 0.3 is 6.09 Å². The van der Waals surface area contributed by atoms with Gasteiger partial charge in [-0.1, -0.05) is 23.5 Å². The van der Waals surface area contributed by atoms with Crippen LogP contribution in [0.2, 0.25) is 0 Å². The number of hydrogen-bond acceptors (Lipinski definition) is 7. The van der Waals surface area contributed by atoms with Crippen LogP contribution in [-0.4, -0.2) is 64.9 Å². The molecule has 0 atom stereocenters. The van der Waals surface area contributed by atoms with Crippen molar-refractivity contribution in [3.63, 3.8) is 0 Å². The molecule has 3 heterocycles. The third-order valence-electron chi connectivity index (χ3n) is 5.55. The molecule has 0 saturated carbocycles. The van der Waals surface area contributed by atoms with Gasteiger partial charge in [-0.15, -0.1) is 5.10 Å². The lowest BCUT2D eigenvalue weighted by Crippen LogP contribution is -2.42. The molecule has 1 aromatic carbocycles. The average Bonchev–Trinajstić information content (AvgIpc) is 3.32. The van der Waals surface area contributed by atoms with E-state index in [1.165, 1.54) is 0 Å². The summed E-state index contributed by atoms with van der Waals surface area (Å²) in [6, 6.07) is 8.37. The zero-order valence-electron chi connectivity index (χ0n) is 19.5. The molecule has 2 aromatic heterocycles. The molecule has 4 rings (SSSR count). The fourth-order valence-corrected chi connectivity index (χ4v) is 4.56. The van der Waals surface area contributed by atoms with Gasteiger partial charge in [0.1, 0.15) is 5.60 Å². The van der Waals surface area contributed by atoms with Crippen LogP contribution in [0.4, 0.5) is 15.6 Å². The maximum Gasteiger partial charge on any atom is 0.410 e. The highest BCUT2D eigenvalue weighted by molar-refractivity contribution is 7.20. The minimum absolute atomic E-state index is 0.212. The predicted molar refractivity (Wildman–Crippen MR) is 130 cm³/mol. The lowest BCUT2D eigenvalue weighted by atomic mass is 9.97. The Hall–Kier alpha value is -2.81. The number of piperidine rings is 1. The molecule has 1 fully saturated rings. The first kappa shape index (κ1) is 22.4. The summed E-state index contributed by atoms with van der Waals surface area (Å²) in [7, 11) is 4.07. The highest BCUT2D eigenvalue weighted by Crippen LogP contribution is 2.29. The summed E-state index contributed by atoms with van der Waals surface area (Å²) in [6.45, 7) is 8.00. The first-order chi connectivity index (χ1) is 15.2. The first-order valence-electron chi connectivity index (χ1n) is 11.0. The summed E-state index contributed by atoms with van der Waals surface area (Å²) in [5, 5.41) is 9.11. The summed E-state index contributed by atoms with van der Waals surface area (Å²) in [4.78, 5) is 21.6. The molecule has 32 heavy (non-hydrogen) atoms. The predicted octanol–water partition coefficient (Wildman–Crippen LogP) is 4.58. The number of hydrogen-bond donors (Lipinski definition) is 1. The van der Waals surface area contributed by atoms with Crippen molar-refractivity contribution in [3.8, 4) is 11.3 Å². The van der Waals surface area contributed by atoms with Gasteiger partial charge in [-0.3, -0.25) is 0 Å². The van der Waals surface area contributed by atoms with Crippen LogP contribution in [0.1, 0.15) is 33.6 Å². The van der Waals surface area contributed by atoms with Gasteiger partial charge in [-0.05, 0) is 51.7 Å². The topological polar surface area (TPSA) is 75.0 Å². The van der Waals surface area contributed by atoms with Crippen LogP contribution in [0.25, 0.3) is 16.2 Å². The maximum atomic E-state index is 12.2. The van der Waals surface area contributed by atoms with E-state index in [1.54, 1.807) is 11.3 Å². The Kier molecular flexibility index (Phi) is 6.28. The van der Waals surface area contributed by atoms with Crippen LogP contribution in [0.15, 0.2) is 30.5 Å². The molecule has 9 heteroatoms. The van der Waals surface area contributed by atoms with Gasteiger partial charge in [0, 0.05) is 45.0 Å². The maximum absolute atomic E-state index is 12.2.